The summed E-state index contributed by atoms with van der Waals surface area (Å²) in [4.78, 5) is 45.0. The van der Waals surface area contributed by atoms with Crippen molar-refractivity contribution in [3.05, 3.63) is 104 Å². The number of nitrogens with one attached hydrogen (secondary N) is 1. The summed E-state index contributed by atoms with van der Waals surface area (Å²) in [5.41, 5.74) is 2.40. The summed E-state index contributed by atoms with van der Waals surface area (Å²) in [6.07, 6.45) is 1.62. The Bertz CT molecular complexity index is 1700. The van der Waals surface area contributed by atoms with Gasteiger partial charge < -0.3 is 5.32 Å². The van der Waals surface area contributed by atoms with Gasteiger partial charge in [-0.1, -0.05) is 30.3 Å². The molecule has 0 aliphatic carbocycles. The van der Waals surface area contributed by atoms with E-state index in [1.165, 1.54) is 40.2 Å². The van der Waals surface area contributed by atoms with Gasteiger partial charge in [-0.3, -0.25) is 18.7 Å². The Morgan fingerprint density at radius 1 is 1.00 bits per heavy atom. The molecule has 0 spiro atoms. The molecule has 3 heterocycles. The second-order valence-electron chi connectivity index (χ2n) is 8.34. The van der Waals surface area contributed by atoms with Crippen molar-refractivity contribution >= 4 is 43.4 Å². The maximum Gasteiger partial charge on any atom is 0.332 e. The molecule has 3 aromatic heterocycles. The zero-order chi connectivity index (χ0) is 24.7. The van der Waals surface area contributed by atoms with Crippen LogP contribution >= 0.6 is 11.3 Å². The Balaban J connectivity index is 1.66. The van der Waals surface area contributed by atoms with Gasteiger partial charge in [0.25, 0.3) is 5.56 Å². The summed E-state index contributed by atoms with van der Waals surface area (Å²) >= 11 is 1.18. The third kappa shape index (κ3) is 4.15. The molecule has 9 heteroatoms. The number of halogens is 1. The fourth-order valence-electron chi connectivity index (χ4n) is 4.18. The van der Waals surface area contributed by atoms with Crippen LogP contribution in [0.1, 0.15) is 16.7 Å². The van der Waals surface area contributed by atoms with Gasteiger partial charge in [0.2, 0.25) is 5.91 Å². The van der Waals surface area contributed by atoms with E-state index in [4.69, 9.17) is 0 Å². The lowest BCUT2D eigenvalue weighted by Crippen LogP contribution is -2.41. The number of benzene rings is 2. The molecule has 0 radical (unpaired) electrons. The third-order valence-electron chi connectivity index (χ3n) is 5.91. The van der Waals surface area contributed by atoms with Crippen LogP contribution in [0, 0.1) is 19.7 Å². The molecule has 2 aromatic carbocycles. The van der Waals surface area contributed by atoms with E-state index in [-0.39, 0.29) is 19.0 Å². The molecule has 0 fully saturated rings. The molecule has 0 saturated heterocycles. The molecule has 5 aromatic rings. The molecule has 7 nitrogen and oxygen atoms in total. The average Bonchev–Trinajstić information content (AvgIpc) is 3.23. The minimum Gasteiger partial charge on any atom is -0.324 e. The number of pyridine rings is 1. The molecule has 1 amide bonds. The maximum atomic E-state index is 13.6. The first-order chi connectivity index (χ1) is 16.8. The lowest BCUT2D eigenvalue weighted by atomic mass is 10.1. The van der Waals surface area contributed by atoms with E-state index in [1.807, 2.05) is 32.0 Å². The highest BCUT2D eigenvalue weighted by Gasteiger charge is 2.21. The number of hydrogen-bond donors (Lipinski definition) is 1. The number of rotatable bonds is 5. The summed E-state index contributed by atoms with van der Waals surface area (Å²) in [7, 11) is 0. The smallest absolute Gasteiger partial charge is 0.324 e. The number of thiophene rings is 1. The van der Waals surface area contributed by atoms with E-state index in [0.29, 0.717) is 31.7 Å². The lowest BCUT2D eigenvalue weighted by molar-refractivity contribution is -0.116. The molecule has 5 rings (SSSR count). The number of para-hydroxylation sites is 1. The fourth-order valence-corrected chi connectivity index (χ4v) is 5.27. The predicted octanol–water partition coefficient (Wildman–Crippen LogP) is 4.22. The number of carbonyl (C=O) groups is 1. The quantitative estimate of drug-likeness (QED) is 0.402. The van der Waals surface area contributed by atoms with Crippen LogP contribution in [0.4, 0.5) is 10.1 Å². The van der Waals surface area contributed by atoms with Gasteiger partial charge in [-0.05, 0) is 54.8 Å². The molecular weight excluding hydrogens is 467 g/mol. The summed E-state index contributed by atoms with van der Waals surface area (Å²) in [5, 5.41) is 3.54. The molecule has 0 aliphatic heterocycles. The number of aryl methyl sites for hydroxylation is 2. The number of carbonyl (C=O) groups excluding carboxylic acids is 1. The van der Waals surface area contributed by atoms with Crippen molar-refractivity contribution in [2.24, 2.45) is 0 Å². The molecule has 176 valence electrons. The van der Waals surface area contributed by atoms with Gasteiger partial charge in [0.15, 0.2) is 0 Å². The van der Waals surface area contributed by atoms with Crippen molar-refractivity contribution in [2.75, 3.05) is 5.32 Å². The van der Waals surface area contributed by atoms with Gasteiger partial charge in [0, 0.05) is 17.3 Å². The van der Waals surface area contributed by atoms with Crippen LogP contribution in [0.3, 0.4) is 0 Å². The number of aromatic nitrogens is 3. The van der Waals surface area contributed by atoms with Gasteiger partial charge in [-0.2, -0.15) is 0 Å². The minimum absolute atomic E-state index is 0.0475. The van der Waals surface area contributed by atoms with E-state index in [1.54, 1.807) is 18.3 Å². The Hall–Kier alpha value is -4.11. The summed E-state index contributed by atoms with van der Waals surface area (Å²) in [6.45, 7) is 3.46. The first-order valence-electron chi connectivity index (χ1n) is 10.9. The first kappa shape index (κ1) is 22.7. The maximum absolute atomic E-state index is 13.6. The molecule has 0 aliphatic rings. The summed E-state index contributed by atoms with van der Waals surface area (Å²) < 4.78 is 16.1. The average molecular weight is 489 g/mol. The van der Waals surface area contributed by atoms with Crippen LogP contribution in [0.5, 0.6) is 0 Å². The van der Waals surface area contributed by atoms with Gasteiger partial charge in [-0.15, -0.1) is 11.3 Å². The van der Waals surface area contributed by atoms with Crippen molar-refractivity contribution in [3.8, 4) is 0 Å². The van der Waals surface area contributed by atoms with E-state index in [0.717, 1.165) is 15.7 Å². The summed E-state index contributed by atoms with van der Waals surface area (Å²) in [6, 6.07) is 14.8. The van der Waals surface area contributed by atoms with E-state index in [2.05, 4.69) is 10.3 Å². The highest BCUT2D eigenvalue weighted by Crippen LogP contribution is 2.29. The topological polar surface area (TPSA) is 86.0 Å². The largest absolute Gasteiger partial charge is 0.332 e. The number of anilines is 1. The predicted molar refractivity (Wildman–Crippen MR) is 136 cm³/mol. The number of hydrogen-bond acceptors (Lipinski definition) is 5. The van der Waals surface area contributed by atoms with Gasteiger partial charge in [0.05, 0.1) is 12.1 Å². The highest BCUT2D eigenvalue weighted by atomic mass is 32.1. The van der Waals surface area contributed by atoms with Crippen LogP contribution in [0.25, 0.3) is 20.4 Å². The van der Waals surface area contributed by atoms with Crippen LogP contribution < -0.4 is 16.6 Å². The van der Waals surface area contributed by atoms with E-state index in [9.17, 15) is 18.8 Å². The zero-order valence-electron chi connectivity index (χ0n) is 19.0. The van der Waals surface area contributed by atoms with Crippen LogP contribution in [0.15, 0.2) is 70.4 Å². The van der Waals surface area contributed by atoms with Crippen molar-refractivity contribution in [3.63, 3.8) is 0 Å². The standard InChI is InChI=1S/C26H21FN4O3S/c1-15-5-3-6-16(2)21(15)29-20(32)14-30-22-19-7-4-12-28-24(19)35-23(22)25(33)31(26(30)34)13-17-8-10-18(27)11-9-17/h3-12H,13-14H2,1-2H3,(H,29,32). The first-order valence-corrected chi connectivity index (χ1v) is 11.8. The number of fused-ring (bicyclic) bond motifs is 3. The Morgan fingerprint density at radius 2 is 1.71 bits per heavy atom. The monoisotopic (exact) mass is 488 g/mol. The third-order valence-corrected chi connectivity index (χ3v) is 7.00. The van der Waals surface area contributed by atoms with Crippen molar-refractivity contribution in [1.82, 2.24) is 14.1 Å². The second-order valence-corrected chi connectivity index (χ2v) is 9.34. The molecule has 0 atom stereocenters. The van der Waals surface area contributed by atoms with Crippen LogP contribution in [-0.2, 0) is 17.9 Å². The van der Waals surface area contributed by atoms with Crippen molar-refractivity contribution in [2.45, 2.75) is 26.9 Å². The number of nitrogens with zero attached hydrogens (tertiary/aromatic N) is 3. The van der Waals surface area contributed by atoms with E-state index >= 15 is 0 Å². The molecule has 35 heavy (non-hydrogen) atoms. The van der Waals surface area contributed by atoms with Gasteiger partial charge in [0.1, 0.15) is 21.9 Å². The molecule has 0 unspecified atom stereocenters. The second kappa shape index (κ2) is 8.92. The minimum atomic E-state index is -0.618. The Labute approximate surface area is 203 Å². The molecular formula is C26H21FN4O3S. The highest BCUT2D eigenvalue weighted by molar-refractivity contribution is 7.25. The lowest BCUT2D eigenvalue weighted by Gasteiger charge is -2.15. The zero-order valence-corrected chi connectivity index (χ0v) is 19.9. The molecule has 0 bridgehead atoms. The van der Waals surface area contributed by atoms with Crippen LogP contribution in [-0.4, -0.2) is 20.0 Å². The van der Waals surface area contributed by atoms with Crippen molar-refractivity contribution in [1.29, 1.82) is 0 Å². The molecule has 0 saturated carbocycles. The summed E-state index contributed by atoms with van der Waals surface area (Å²) in [5.74, 6) is -0.797. The van der Waals surface area contributed by atoms with Gasteiger partial charge in [-0.25, -0.2) is 14.2 Å². The SMILES string of the molecule is Cc1cccc(C)c1NC(=O)Cn1c(=O)n(Cc2ccc(F)cc2)c(=O)c2sc3ncccc3c21. The normalized spacial score (nSPS) is 11.3. The fraction of sp³-hybridized carbons (Fsp3) is 0.154. The van der Waals surface area contributed by atoms with Crippen LogP contribution in [0.2, 0.25) is 0 Å². The Morgan fingerprint density at radius 3 is 2.43 bits per heavy atom. The Kier molecular flexibility index (Phi) is 5.78. The van der Waals surface area contributed by atoms with Crippen molar-refractivity contribution < 1.29 is 9.18 Å². The van der Waals surface area contributed by atoms with Gasteiger partial charge >= 0.3 is 5.69 Å². The van der Waals surface area contributed by atoms with E-state index < -0.39 is 17.1 Å². The molecule has 1 N–H and O–H groups in total. The number of amides is 1.